The van der Waals surface area contributed by atoms with E-state index in [9.17, 15) is 4.79 Å². The van der Waals surface area contributed by atoms with Crippen LogP contribution in [0.5, 0.6) is 5.75 Å². The average molecular weight is 295 g/mol. The maximum Gasteiger partial charge on any atom is 0.153 e. The number of aldehydes is 1. The van der Waals surface area contributed by atoms with Crippen molar-refractivity contribution < 1.29 is 9.53 Å². The minimum atomic E-state index is 0.268. The number of para-hydroxylation sites is 1. The zero-order valence-electron chi connectivity index (χ0n) is 10.3. The Morgan fingerprint density at radius 1 is 1.16 bits per heavy atom. The highest BCUT2D eigenvalue weighted by atomic mass is 35.5. The number of halogens is 2. The van der Waals surface area contributed by atoms with Gasteiger partial charge < -0.3 is 4.74 Å². The molecule has 0 spiro atoms. The number of rotatable bonds is 4. The van der Waals surface area contributed by atoms with Gasteiger partial charge in [-0.25, -0.2) is 0 Å². The number of hydrogen-bond donors (Lipinski definition) is 0. The number of carbonyl (C=O) groups is 1. The van der Waals surface area contributed by atoms with Gasteiger partial charge in [0.25, 0.3) is 0 Å². The van der Waals surface area contributed by atoms with Gasteiger partial charge >= 0.3 is 0 Å². The molecule has 0 N–H and O–H groups in total. The molecule has 2 rings (SSSR count). The van der Waals surface area contributed by atoms with Gasteiger partial charge in [-0.3, -0.25) is 4.79 Å². The van der Waals surface area contributed by atoms with Crippen LogP contribution >= 0.6 is 23.2 Å². The van der Waals surface area contributed by atoms with Crippen LogP contribution in [-0.2, 0) is 6.61 Å². The summed E-state index contributed by atoms with van der Waals surface area (Å²) < 4.78 is 5.62. The van der Waals surface area contributed by atoms with Crippen molar-refractivity contribution >= 4 is 29.5 Å². The lowest BCUT2D eigenvalue weighted by Gasteiger charge is -2.11. The Labute approximate surface area is 121 Å². The van der Waals surface area contributed by atoms with E-state index in [1.54, 1.807) is 18.2 Å². The number of benzene rings is 2. The molecule has 98 valence electrons. The molecule has 2 aromatic carbocycles. The van der Waals surface area contributed by atoms with E-state index in [2.05, 4.69) is 0 Å². The molecule has 0 atom stereocenters. The largest absolute Gasteiger partial charge is 0.487 e. The second-order valence-electron chi connectivity index (χ2n) is 4.16. The second kappa shape index (κ2) is 6.09. The molecule has 19 heavy (non-hydrogen) atoms. The van der Waals surface area contributed by atoms with Gasteiger partial charge in [-0.2, -0.15) is 0 Å². The van der Waals surface area contributed by atoms with Crippen molar-refractivity contribution in [1.82, 2.24) is 0 Å². The molecule has 0 aliphatic carbocycles. The fourth-order valence-corrected chi connectivity index (χ4v) is 2.22. The zero-order chi connectivity index (χ0) is 13.8. The smallest absolute Gasteiger partial charge is 0.153 e. The zero-order valence-corrected chi connectivity index (χ0v) is 11.8. The van der Waals surface area contributed by atoms with Crippen LogP contribution in [0.1, 0.15) is 21.5 Å². The maximum atomic E-state index is 10.9. The fraction of sp³-hybridized carbons (Fsp3) is 0.133. The van der Waals surface area contributed by atoms with Gasteiger partial charge in [0.15, 0.2) is 6.29 Å². The summed E-state index contributed by atoms with van der Waals surface area (Å²) >= 11 is 12.1. The highest BCUT2D eigenvalue weighted by molar-refractivity contribution is 6.32. The number of carbonyl (C=O) groups excluding carboxylic acids is 1. The summed E-state index contributed by atoms with van der Waals surface area (Å²) in [5, 5.41) is 1.05. The Hall–Kier alpha value is -1.51. The van der Waals surface area contributed by atoms with Crippen LogP contribution in [0.25, 0.3) is 0 Å². The minimum absolute atomic E-state index is 0.268. The topological polar surface area (TPSA) is 26.3 Å². The predicted molar refractivity (Wildman–Crippen MR) is 77.4 cm³/mol. The molecule has 0 aliphatic heterocycles. The highest BCUT2D eigenvalue weighted by Crippen LogP contribution is 2.29. The second-order valence-corrected chi connectivity index (χ2v) is 4.97. The Balaban J connectivity index is 2.21. The van der Waals surface area contributed by atoms with Gasteiger partial charge in [0.05, 0.1) is 10.6 Å². The van der Waals surface area contributed by atoms with Crippen molar-refractivity contribution in [1.29, 1.82) is 0 Å². The van der Waals surface area contributed by atoms with Crippen LogP contribution in [-0.4, -0.2) is 6.29 Å². The highest BCUT2D eigenvalue weighted by Gasteiger charge is 2.09. The summed E-state index contributed by atoms with van der Waals surface area (Å²) in [6.45, 7) is 2.23. The van der Waals surface area contributed by atoms with E-state index in [-0.39, 0.29) is 6.61 Å². The van der Waals surface area contributed by atoms with Crippen LogP contribution < -0.4 is 4.74 Å². The third kappa shape index (κ3) is 3.28. The van der Waals surface area contributed by atoms with E-state index in [4.69, 9.17) is 27.9 Å². The third-order valence-electron chi connectivity index (χ3n) is 2.70. The van der Waals surface area contributed by atoms with Gasteiger partial charge in [-0.1, -0.05) is 41.4 Å². The van der Waals surface area contributed by atoms with Crippen molar-refractivity contribution in [2.75, 3.05) is 0 Å². The lowest BCUT2D eigenvalue weighted by atomic mass is 10.1. The Kier molecular flexibility index (Phi) is 4.46. The fourth-order valence-electron chi connectivity index (χ4n) is 1.69. The first-order valence-corrected chi connectivity index (χ1v) is 6.49. The van der Waals surface area contributed by atoms with Crippen LogP contribution in [0.3, 0.4) is 0 Å². The summed E-state index contributed by atoms with van der Waals surface area (Å²) in [4.78, 5) is 10.9. The summed E-state index contributed by atoms with van der Waals surface area (Å²) in [7, 11) is 0. The van der Waals surface area contributed by atoms with E-state index >= 15 is 0 Å². The first-order valence-electron chi connectivity index (χ1n) is 5.73. The van der Waals surface area contributed by atoms with E-state index in [1.807, 2.05) is 25.1 Å². The molecule has 0 bridgehead atoms. The molecule has 0 saturated heterocycles. The quantitative estimate of drug-likeness (QED) is 0.765. The van der Waals surface area contributed by atoms with E-state index in [1.165, 1.54) is 0 Å². The Morgan fingerprint density at radius 2 is 1.95 bits per heavy atom. The molecule has 0 amide bonds. The first-order chi connectivity index (χ1) is 9.11. The van der Waals surface area contributed by atoms with E-state index in [0.717, 1.165) is 17.4 Å². The average Bonchev–Trinajstić information content (AvgIpc) is 2.39. The lowest BCUT2D eigenvalue weighted by molar-refractivity contribution is 0.111. The third-order valence-corrected chi connectivity index (χ3v) is 3.35. The minimum Gasteiger partial charge on any atom is -0.487 e. The number of aryl methyl sites for hydroxylation is 1. The van der Waals surface area contributed by atoms with Crippen LogP contribution in [0.15, 0.2) is 36.4 Å². The standard InChI is InChI=1S/C15H12Cl2O2/c1-10-5-6-12(14(17)7-10)9-19-15-11(8-18)3-2-4-13(15)16/h2-8H,9H2,1H3. The molecule has 0 aliphatic rings. The molecule has 2 nitrogen and oxygen atoms in total. The van der Waals surface area contributed by atoms with Crippen molar-refractivity contribution in [3.8, 4) is 5.75 Å². The van der Waals surface area contributed by atoms with Gasteiger partial charge in [0.1, 0.15) is 12.4 Å². The number of hydrogen-bond acceptors (Lipinski definition) is 2. The van der Waals surface area contributed by atoms with Gasteiger partial charge in [0.2, 0.25) is 0 Å². The normalized spacial score (nSPS) is 10.3. The van der Waals surface area contributed by atoms with Gasteiger partial charge in [-0.05, 0) is 30.7 Å². The summed E-state index contributed by atoms with van der Waals surface area (Å²) in [5.41, 5.74) is 2.36. The van der Waals surface area contributed by atoms with Crippen LogP contribution in [0.2, 0.25) is 10.0 Å². The predicted octanol–water partition coefficient (Wildman–Crippen LogP) is 4.69. The van der Waals surface area contributed by atoms with E-state index in [0.29, 0.717) is 21.4 Å². The molecule has 0 aromatic heterocycles. The summed E-state index contributed by atoms with van der Waals surface area (Å²) in [5.74, 6) is 0.385. The summed E-state index contributed by atoms with van der Waals surface area (Å²) in [6.07, 6.45) is 0.720. The Bertz CT molecular complexity index is 609. The van der Waals surface area contributed by atoms with Crippen molar-refractivity contribution in [2.24, 2.45) is 0 Å². The molecule has 0 unspecified atom stereocenters. The molecule has 0 heterocycles. The van der Waals surface area contributed by atoms with E-state index < -0.39 is 0 Å². The number of ether oxygens (including phenoxy) is 1. The SMILES string of the molecule is Cc1ccc(COc2c(Cl)cccc2C=O)c(Cl)c1. The molecular weight excluding hydrogens is 283 g/mol. The monoisotopic (exact) mass is 294 g/mol. The first kappa shape index (κ1) is 13.9. The Morgan fingerprint density at radius 3 is 2.63 bits per heavy atom. The molecule has 0 saturated carbocycles. The van der Waals surface area contributed by atoms with Crippen molar-refractivity contribution in [2.45, 2.75) is 13.5 Å². The molecule has 4 heteroatoms. The van der Waals surface area contributed by atoms with Gasteiger partial charge in [-0.15, -0.1) is 0 Å². The van der Waals surface area contributed by atoms with Crippen LogP contribution in [0, 0.1) is 6.92 Å². The molecule has 0 fully saturated rings. The van der Waals surface area contributed by atoms with Crippen LogP contribution in [0.4, 0.5) is 0 Å². The molecular formula is C15H12Cl2O2. The molecule has 2 aromatic rings. The van der Waals surface area contributed by atoms with Gasteiger partial charge in [0, 0.05) is 10.6 Å². The summed E-state index contributed by atoms with van der Waals surface area (Å²) in [6, 6.07) is 10.8. The lowest BCUT2D eigenvalue weighted by Crippen LogP contribution is -2.00. The van der Waals surface area contributed by atoms with Crippen molar-refractivity contribution in [3.63, 3.8) is 0 Å². The maximum absolute atomic E-state index is 10.9. The van der Waals surface area contributed by atoms with Crippen molar-refractivity contribution in [3.05, 3.63) is 63.1 Å². The molecule has 0 radical (unpaired) electrons.